The highest BCUT2D eigenvalue weighted by Crippen LogP contribution is 2.25. The molecule has 0 saturated carbocycles. The van der Waals surface area contributed by atoms with Gasteiger partial charge in [-0.1, -0.05) is 125 Å². The van der Waals surface area contributed by atoms with Crippen molar-refractivity contribution in [2.45, 2.75) is 203 Å². The van der Waals surface area contributed by atoms with Gasteiger partial charge in [-0.2, -0.15) is 0 Å². The van der Waals surface area contributed by atoms with Gasteiger partial charge in [0.1, 0.15) is 18.8 Å². The highest BCUT2D eigenvalue weighted by Gasteiger charge is 2.31. The first-order chi connectivity index (χ1) is 31.9. The topological polar surface area (TPSA) is 212 Å². The fourth-order valence-corrected chi connectivity index (χ4v) is 4.07. The van der Waals surface area contributed by atoms with Crippen LogP contribution >= 0.6 is 0 Å². The molecule has 0 rings (SSSR count). The van der Waals surface area contributed by atoms with Crippen LogP contribution in [0.15, 0.2) is 0 Å². The van der Waals surface area contributed by atoms with Crippen LogP contribution in [0.2, 0.25) is 0 Å². The molecule has 71 heavy (non-hydrogen) atoms. The van der Waals surface area contributed by atoms with E-state index in [4.69, 9.17) is 42.6 Å². The molecule has 0 aliphatic carbocycles. The van der Waals surface area contributed by atoms with Crippen molar-refractivity contribution in [1.82, 2.24) is 0 Å². The van der Waals surface area contributed by atoms with Crippen molar-refractivity contribution >= 4 is 41.2 Å². The normalized spacial score (nSPS) is 14.7. The maximum absolute atomic E-state index is 11.7. The van der Waals surface area contributed by atoms with Crippen LogP contribution in [0.3, 0.4) is 0 Å². The van der Waals surface area contributed by atoms with E-state index in [1.54, 1.807) is 90.4 Å². The molecule has 0 aliphatic heterocycles. The zero-order chi connectivity index (χ0) is 57.5. The number of ketones is 3. The molecule has 422 valence electrons. The predicted octanol–water partition coefficient (Wildman–Crippen LogP) is 9.28. The second kappa shape index (κ2) is 37.4. The molecule has 0 radical (unpaired) electrons. The largest absolute Gasteiger partial charge is 0.459 e. The van der Waals surface area contributed by atoms with E-state index in [-0.39, 0.29) is 65.6 Å². The lowest BCUT2D eigenvalue weighted by Gasteiger charge is -2.28. The van der Waals surface area contributed by atoms with Crippen LogP contribution in [0.1, 0.15) is 166 Å². The van der Waals surface area contributed by atoms with E-state index >= 15 is 0 Å². The average molecular weight is 1030 g/mol. The summed E-state index contributed by atoms with van der Waals surface area (Å²) in [5, 5.41) is 0. The number of esters is 4. The number of ether oxygens (including phenoxy) is 10. The Balaban J connectivity index is -0.000000257. The van der Waals surface area contributed by atoms with Gasteiger partial charge in [-0.15, -0.1) is 0 Å². The molecular formula is C54H104O17. The Morgan fingerprint density at radius 2 is 0.915 bits per heavy atom. The van der Waals surface area contributed by atoms with Gasteiger partial charge >= 0.3 is 23.9 Å². The van der Waals surface area contributed by atoms with Gasteiger partial charge in [0.15, 0.2) is 42.3 Å². The lowest BCUT2D eigenvalue weighted by molar-refractivity contribution is -0.174. The van der Waals surface area contributed by atoms with E-state index in [1.165, 1.54) is 21.1 Å². The summed E-state index contributed by atoms with van der Waals surface area (Å²) in [5.41, 5.74) is -1.09. The van der Waals surface area contributed by atoms with Crippen molar-refractivity contribution in [3.8, 4) is 0 Å². The number of Topliss-reactive ketones (excluding diaryl/α,β-unsaturated/α-hetero) is 3. The van der Waals surface area contributed by atoms with Crippen LogP contribution < -0.4 is 0 Å². The minimum Gasteiger partial charge on any atom is -0.459 e. The van der Waals surface area contributed by atoms with Crippen LogP contribution in [0.5, 0.6) is 0 Å². The molecule has 0 aliphatic rings. The van der Waals surface area contributed by atoms with Gasteiger partial charge in [0.2, 0.25) is 0 Å². The fourth-order valence-electron chi connectivity index (χ4n) is 4.07. The van der Waals surface area contributed by atoms with Gasteiger partial charge < -0.3 is 47.4 Å². The molecule has 0 aromatic rings. The molecule has 0 heterocycles. The molecule has 7 unspecified atom stereocenters. The zero-order valence-corrected chi connectivity index (χ0v) is 49.8. The van der Waals surface area contributed by atoms with E-state index in [0.717, 1.165) is 6.61 Å². The molecule has 0 amide bonds. The SMILES string of the molecule is CC(C)C(=O)OC(C)C(=O)OC(C)C(C)(C)C.COC(C)C(=O)OCC(=O)C(C)(C)C.COC(C)COC(C)C(=O)C(C)(C)C.COCC(=O)OC(C)C(=O)C(C)(C)C.COCCOCC(C)C(C)(C)C. The van der Waals surface area contributed by atoms with Crippen LogP contribution in [0, 0.1) is 38.9 Å². The van der Waals surface area contributed by atoms with E-state index in [9.17, 15) is 33.6 Å². The predicted molar refractivity (Wildman–Crippen MR) is 277 cm³/mol. The highest BCUT2D eigenvalue weighted by molar-refractivity contribution is 5.89. The Morgan fingerprint density at radius 1 is 0.437 bits per heavy atom. The first-order valence-electron chi connectivity index (χ1n) is 24.5. The summed E-state index contributed by atoms with van der Waals surface area (Å²) in [4.78, 5) is 79.7. The average Bonchev–Trinajstić information content (AvgIpc) is 3.23. The molecular weight excluding hydrogens is 921 g/mol. The highest BCUT2D eigenvalue weighted by atomic mass is 16.6. The molecule has 0 aromatic carbocycles. The summed E-state index contributed by atoms with van der Waals surface area (Å²) in [5.74, 6) is -1.64. The number of carbonyl (C=O) groups excluding carboxylic acids is 7. The lowest BCUT2D eigenvalue weighted by atomic mass is 9.83. The quantitative estimate of drug-likeness (QED) is 0.0561. The van der Waals surface area contributed by atoms with Gasteiger partial charge in [-0.3, -0.25) is 19.2 Å². The lowest BCUT2D eigenvalue weighted by Crippen LogP contribution is -2.35. The molecule has 17 heteroatoms. The Morgan fingerprint density at radius 3 is 1.28 bits per heavy atom. The van der Waals surface area contributed by atoms with Gasteiger partial charge in [0, 0.05) is 51.3 Å². The Hall–Kier alpha value is -3.35. The monoisotopic (exact) mass is 1020 g/mol. The number of carbonyl (C=O) groups is 7. The standard InChI is InChI=1S/C13H24O4.C11H22O3.2C10H18O4.C10H22O2/c1-8(2)11(14)16-9(3)12(15)17-10(4)13(5,6)7;1-8(13-6)7-14-9(2)10(12)11(3,4)5;1-7(9(12)10(2,3)4)14-8(11)6-13-5;1-7(13-5)9(12)14-6-8(11)10(2,3)4;1-9(10(2,3)4)8-12-7-6-11-5/h8-10H,1-7H3;8-9H,7H2,1-6H3;2*7H,6H2,1-5H3;9H,6-8H2,1-5H3. The van der Waals surface area contributed by atoms with Crippen LogP contribution in [0.25, 0.3) is 0 Å². The molecule has 0 N–H and O–H groups in total. The fraction of sp³-hybridized carbons (Fsp3) is 0.870. The number of hydrogen-bond donors (Lipinski definition) is 0. The summed E-state index contributed by atoms with van der Waals surface area (Å²) in [6.45, 7) is 47.3. The third-order valence-corrected chi connectivity index (χ3v) is 10.5. The molecule has 7 atom stereocenters. The third kappa shape index (κ3) is 41.8. The van der Waals surface area contributed by atoms with Gasteiger partial charge in [0.05, 0.1) is 31.8 Å². The van der Waals surface area contributed by atoms with Crippen LogP contribution in [0.4, 0.5) is 0 Å². The van der Waals surface area contributed by atoms with Crippen molar-refractivity contribution in [2.24, 2.45) is 38.9 Å². The van der Waals surface area contributed by atoms with Crippen molar-refractivity contribution in [3.63, 3.8) is 0 Å². The maximum atomic E-state index is 11.7. The minimum atomic E-state index is -0.852. The van der Waals surface area contributed by atoms with Gasteiger partial charge in [-0.25, -0.2) is 14.4 Å². The van der Waals surface area contributed by atoms with E-state index < -0.39 is 53.0 Å². The summed E-state index contributed by atoms with van der Waals surface area (Å²) in [6.07, 6.45) is -2.73. The summed E-state index contributed by atoms with van der Waals surface area (Å²) in [7, 11) is 6.13. The number of rotatable bonds is 22. The maximum Gasteiger partial charge on any atom is 0.347 e. The molecule has 0 aromatic heterocycles. The van der Waals surface area contributed by atoms with Crippen molar-refractivity contribution in [1.29, 1.82) is 0 Å². The van der Waals surface area contributed by atoms with E-state index in [2.05, 4.69) is 32.4 Å². The molecule has 0 saturated heterocycles. The van der Waals surface area contributed by atoms with E-state index in [1.807, 2.05) is 55.4 Å². The zero-order valence-electron chi connectivity index (χ0n) is 49.8. The van der Waals surface area contributed by atoms with Crippen molar-refractivity contribution in [2.75, 3.05) is 68.1 Å². The smallest absolute Gasteiger partial charge is 0.347 e. The molecule has 17 nitrogen and oxygen atoms in total. The third-order valence-electron chi connectivity index (χ3n) is 10.5. The Bertz CT molecular complexity index is 1500. The number of methoxy groups -OCH3 is 4. The molecule has 0 bridgehead atoms. The van der Waals surface area contributed by atoms with Gasteiger partial charge in [-0.05, 0) is 58.3 Å². The first kappa shape index (κ1) is 76.6. The summed E-state index contributed by atoms with van der Waals surface area (Å²) in [6, 6.07) is 0. The summed E-state index contributed by atoms with van der Waals surface area (Å²) < 4.78 is 49.9. The van der Waals surface area contributed by atoms with Crippen molar-refractivity contribution in [3.05, 3.63) is 0 Å². The van der Waals surface area contributed by atoms with Crippen LogP contribution in [-0.2, 0) is 80.9 Å². The van der Waals surface area contributed by atoms with E-state index in [0.29, 0.717) is 31.2 Å². The second-order valence-corrected chi connectivity index (χ2v) is 23.0. The van der Waals surface area contributed by atoms with Crippen molar-refractivity contribution < 1.29 is 80.9 Å². The second-order valence-electron chi connectivity index (χ2n) is 23.0. The Kier molecular flexibility index (Phi) is 40.3. The Labute approximate surface area is 430 Å². The molecule has 0 fully saturated rings. The van der Waals surface area contributed by atoms with Crippen LogP contribution in [-0.4, -0.2) is 146 Å². The van der Waals surface area contributed by atoms with Gasteiger partial charge in [0.25, 0.3) is 0 Å². The minimum absolute atomic E-state index is 0.0326. The first-order valence-corrected chi connectivity index (χ1v) is 24.5. The summed E-state index contributed by atoms with van der Waals surface area (Å²) >= 11 is 0. The number of hydrogen-bond acceptors (Lipinski definition) is 17. The molecule has 0 spiro atoms.